The molecule has 3 heterocycles. The number of hydrogen-bond acceptors (Lipinski definition) is 6. The summed E-state index contributed by atoms with van der Waals surface area (Å²) in [4.78, 5) is 28.3. The average Bonchev–Trinajstić information content (AvgIpc) is 3.14. The van der Waals surface area contributed by atoms with Crippen LogP contribution in [0.2, 0.25) is 0 Å². The van der Waals surface area contributed by atoms with Gasteiger partial charge in [0.15, 0.2) is 0 Å². The van der Waals surface area contributed by atoms with Gasteiger partial charge in [-0.3, -0.25) is 4.79 Å². The van der Waals surface area contributed by atoms with Crippen LogP contribution in [0.15, 0.2) is 29.3 Å². The number of amides is 1. The number of carbonyl (C=O) groups is 1. The Morgan fingerprint density at radius 1 is 1.18 bits per heavy atom. The van der Waals surface area contributed by atoms with Crippen molar-refractivity contribution >= 4 is 50.3 Å². The van der Waals surface area contributed by atoms with Crippen LogP contribution in [0.1, 0.15) is 22.1 Å². The zero-order chi connectivity index (χ0) is 19.8. The summed E-state index contributed by atoms with van der Waals surface area (Å²) in [7, 11) is 1.97. The Balaban J connectivity index is 1.45. The van der Waals surface area contributed by atoms with Crippen LogP contribution >= 0.6 is 23.1 Å². The van der Waals surface area contributed by atoms with E-state index in [1.165, 1.54) is 22.2 Å². The molecule has 0 bridgehead atoms. The Kier molecular flexibility index (Phi) is 5.07. The highest BCUT2D eigenvalue weighted by Gasteiger charge is 2.15. The first kappa shape index (κ1) is 18.9. The van der Waals surface area contributed by atoms with E-state index in [0.29, 0.717) is 12.3 Å². The molecule has 1 N–H and O–H groups in total. The molecule has 1 aromatic carbocycles. The van der Waals surface area contributed by atoms with Gasteiger partial charge in [0.1, 0.15) is 21.5 Å². The van der Waals surface area contributed by atoms with Crippen LogP contribution in [-0.4, -0.2) is 31.2 Å². The molecule has 0 saturated heterocycles. The largest absolute Gasteiger partial charge is 0.348 e. The van der Waals surface area contributed by atoms with E-state index in [1.54, 1.807) is 11.3 Å². The minimum Gasteiger partial charge on any atom is -0.348 e. The van der Waals surface area contributed by atoms with Gasteiger partial charge >= 0.3 is 0 Å². The predicted molar refractivity (Wildman–Crippen MR) is 115 cm³/mol. The number of para-hydroxylation sites is 2. The number of aromatic nitrogens is 4. The molecule has 0 aliphatic rings. The maximum absolute atomic E-state index is 12.4. The van der Waals surface area contributed by atoms with Gasteiger partial charge in [0.05, 0.1) is 23.3 Å². The normalized spacial score (nSPS) is 11.4. The van der Waals surface area contributed by atoms with Crippen molar-refractivity contribution in [2.45, 2.75) is 32.3 Å². The Morgan fingerprint density at radius 2 is 1.96 bits per heavy atom. The lowest BCUT2D eigenvalue weighted by Gasteiger charge is -2.07. The smallest absolute Gasteiger partial charge is 0.230 e. The Labute approximate surface area is 171 Å². The highest BCUT2D eigenvalue weighted by Crippen LogP contribution is 2.34. The Morgan fingerprint density at radius 3 is 2.75 bits per heavy atom. The fourth-order valence-corrected chi connectivity index (χ4v) is 5.23. The molecular formula is C20H21N5OS2. The monoisotopic (exact) mass is 411 g/mol. The van der Waals surface area contributed by atoms with Crippen molar-refractivity contribution < 1.29 is 4.79 Å². The van der Waals surface area contributed by atoms with Gasteiger partial charge in [-0.15, -0.1) is 11.3 Å². The zero-order valence-corrected chi connectivity index (χ0v) is 17.9. The molecule has 8 heteroatoms. The highest BCUT2D eigenvalue weighted by molar-refractivity contribution is 8.00. The van der Waals surface area contributed by atoms with Crippen LogP contribution in [0.5, 0.6) is 0 Å². The third-order valence-corrected chi connectivity index (χ3v) is 6.85. The number of benzene rings is 1. The number of nitrogens with one attached hydrogen (secondary N) is 1. The predicted octanol–water partition coefficient (Wildman–Crippen LogP) is 3.91. The molecule has 144 valence electrons. The maximum atomic E-state index is 12.4. The van der Waals surface area contributed by atoms with Crippen LogP contribution < -0.4 is 5.32 Å². The van der Waals surface area contributed by atoms with Gasteiger partial charge in [-0.2, -0.15) is 0 Å². The lowest BCUT2D eigenvalue weighted by atomic mass is 10.2. The topological polar surface area (TPSA) is 72.7 Å². The first-order chi connectivity index (χ1) is 13.4. The van der Waals surface area contributed by atoms with Crippen molar-refractivity contribution in [1.29, 1.82) is 0 Å². The van der Waals surface area contributed by atoms with Crippen LogP contribution in [0.4, 0.5) is 0 Å². The lowest BCUT2D eigenvalue weighted by molar-refractivity contribution is -0.118. The quantitative estimate of drug-likeness (QED) is 0.398. The molecule has 28 heavy (non-hydrogen) atoms. The molecular weight excluding hydrogens is 390 g/mol. The summed E-state index contributed by atoms with van der Waals surface area (Å²) in [6.07, 6.45) is 0. The first-order valence-corrected chi connectivity index (χ1v) is 10.8. The second-order valence-electron chi connectivity index (χ2n) is 6.68. The summed E-state index contributed by atoms with van der Waals surface area (Å²) < 4.78 is 2.01. The minimum atomic E-state index is -0.0360. The molecule has 0 spiro atoms. The molecule has 0 aliphatic carbocycles. The third kappa shape index (κ3) is 3.49. The van der Waals surface area contributed by atoms with Gasteiger partial charge in [0.25, 0.3) is 0 Å². The van der Waals surface area contributed by atoms with E-state index in [0.717, 1.165) is 37.9 Å². The molecule has 0 aliphatic heterocycles. The fourth-order valence-electron chi connectivity index (χ4n) is 3.13. The van der Waals surface area contributed by atoms with Gasteiger partial charge in [-0.05, 0) is 38.5 Å². The summed E-state index contributed by atoms with van der Waals surface area (Å²) in [5.74, 6) is 1.84. The van der Waals surface area contributed by atoms with E-state index >= 15 is 0 Å². The number of thioether (sulfide) groups is 1. The van der Waals surface area contributed by atoms with Crippen molar-refractivity contribution in [2.75, 3.05) is 5.75 Å². The van der Waals surface area contributed by atoms with Crippen molar-refractivity contribution in [3.8, 4) is 0 Å². The summed E-state index contributed by atoms with van der Waals surface area (Å²) in [5.41, 5.74) is 3.19. The lowest BCUT2D eigenvalue weighted by Crippen LogP contribution is -2.26. The molecule has 3 aromatic heterocycles. The minimum absolute atomic E-state index is 0.0360. The van der Waals surface area contributed by atoms with Gasteiger partial charge in [0, 0.05) is 17.3 Å². The summed E-state index contributed by atoms with van der Waals surface area (Å²) in [6, 6.07) is 7.95. The van der Waals surface area contributed by atoms with E-state index in [-0.39, 0.29) is 5.91 Å². The zero-order valence-electron chi connectivity index (χ0n) is 16.2. The van der Waals surface area contributed by atoms with Crippen molar-refractivity contribution in [3.63, 3.8) is 0 Å². The summed E-state index contributed by atoms with van der Waals surface area (Å²) >= 11 is 3.14. The van der Waals surface area contributed by atoms with Crippen LogP contribution in [0, 0.1) is 20.8 Å². The molecule has 6 nitrogen and oxygen atoms in total. The number of nitrogens with zero attached hydrogens (tertiary/aromatic N) is 4. The van der Waals surface area contributed by atoms with Gasteiger partial charge in [-0.1, -0.05) is 23.9 Å². The Hall–Kier alpha value is -2.45. The van der Waals surface area contributed by atoms with Crippen LogP contribution in [-0.2, 0) is 18.4 Å². The molecule has 1 amide bonds. The highest BCUT2D eigenvalue weighted by atomic mass is 32.2. The summed E-state index contributed by atoms with van der Waals surface area (Å²) in [5, 5.41) is 4.92. The molecule has 0 fully saturated rings. The molecule has 4 aromatic rings. The number of imidazole rings is 1. The van der Waals surface area contributed by atoms with Gasteiger partial charge < -0.3 is 9.88 Å². The first-order valence-electron chi connectivity index (χ1n) is 8.98. The SMILES string of the molecule is Cc1nc(SCC(=O)NCc2nc3ccccc3n2C)c2c(C)c(C)sc2n1. The molecule has 0 saturated carbocycles. The van der Waals surface area contributed by atoms with Gasteiger partial charge in [-0.25, -0.2) is 15.0 Å². The van der Waals surface area contributed by atoms with Crippen molar-refractivity contribution in [2.24, 2.45) is 7.05 Å². The van der Waals surface area contributed by atoms with E-state index in [2.05, 4.69) is 34.1 Å². The van der Waals surface area contributed by atoms with E-state index in [9.17, 15) is 4.79 Å². The number of carbonyl (C=O) groups excluding carboxylic acids is 1. The second kappa shape index (κ2) is 7.52. The standard InChI is InChI=1S/C20H21N5OS2/c1-11-12(2)28-20-18(11)19(22-13(3)23-20)27-10-17(26)21-9-16-24-14-7-5-6-8-15(14)25(16)4/h5-8H,9-10H2,1-4H3,(H,21,26). The molecule has 0 unspecified atom stereocenters. The van der Waals surface area contributed by atoms with Crippen LogP contribution in [0.3, 0.4) is 0 Å². The molecule has 0 radical (unpaired) electrons. The van der Waals surface area contributed by atoms with Crippen molar-refractivity contribution in [3.05, 3.63) is 46.4 Å². The number of hydrogen-bond donors (Lipinski definition) is 1. The van der Waals surface area contributed by atoms with E-state index < -0.39 is 0 Å². The van der Waals surface area contributed by atoms with Crippen molar-refractivity contribution in [1.82, 2.24) is 24.8 Å². The maximum Gasteiger partial charge on any atom is 0.230 e. The van der Waals surface area contributed by atoms with Gasteiger partial charge in [0.2, 0.25) is 5.91 Å². The van der Waals surface area contributed by atoms with Crippen LogP contribution in [0.25, 0.3) is 21.3 Å². The number of rotatable bonds is 5. The van der Waals surface area contributed by atoms with E-state index in [4.69, 9.17) is 0 Å². The molecule has 4 rings (SSSR count). The second-order valence-corrected chi connectivity index (χ2v) is 8.85. The fraction of sp³-hybridized carbons (Fsp3) is 0.300. The number of fused-ring (bicyclic) bond motifs is 2. The summed E-state index contributed by atoms with van der Waals surface area (Å²) in [6.45, 7) is 6.47. The molecule has 0 atom stereocenters. The van der Waals surface area contributed by atoms with E-state index in [1.807, 2.05) is 42.8 Å². The number of aryl methyl sites for hydroxylation is 4. The Bertz CT molecular complexity index is 1190. The third-order valence-electron chi connectivity index (χ3n) is 4.77. The number of thiophene rings is 1. The average molecular weight is 412 g/mol.